The first-order valence-electron chi connectivity index (χ1n) is 3.65. The number of fused-ring (bicyclic) bond motifs is 1. The monoisotopic (exact) mass is 162 g/mol. The maximum absolute atomic E-state index is 13.1. The number of benzene rings is 2. The first kappa shape index (κ1) is 7.10. The lowest BCUT2D eigenvalue weighted by atomic mass is 10.1. The lowest BCUT2D eigenvalue weighted by molar-refractivity contribution is 0.480. The van der Waals surface area contributed by atoms with Gasteiger partial charge < -0.3 is 5.11 Å². The molecule has 2 aromatic carbocycles. The summed E-state index contributed by atoms with van der Waals surface area (Å²) in [6.45, 7) is 0. The van der Waals surface area contributed by atoms with E-state index in [2.05, 4.69) is 0 Å². The fourth-order valence-corrected chi connectivity index (χ4v) is 1.25. The van der Waals surface area contributed by atoms with Crippen molar-refractivity contribution in [3.05, 3.63) is 42.2 Å². The number of rotatable bonds is 0. The first-order valence-corrected chi connectivity index (χ1v) is 3.65. The summed E-state index contributed by atoms with van der Waals surface area (Å²) < 4.78 is 13.1. The van der Waals surface area contributed by atoms with Crippen LogP contribution in [0.3, 0.4) is 0 Å². The van der Waals surface area contributed by atoms with E-state index in [0.29, 0.717) is 10.8 Å². The summed E-state index contributed by atoms with van der Waals surface area (Å²) in [6.07, 6.45) is 0. The van der Waals surface area contributed by atoms with Gasteiger partial charge in [0.2, 0.25) is 0 Å². The zero-order valence-electron chi connectivity index (χ0n) is 6.29. The van der Waals surface area contributed by atoms with Crippen LogP contribution in [0.1, 0.15) is 0 Å². The van der Waals surface area contributed by atoms with Crippen molar-refractivity contribution < 1.29 is 9.50 Å². The summed E-state index contributed by atoms with van der Waals surface area (Å²) in [5, 5.41) is 10.3. The lowest BCUT2D eigenvalue weighted by Gasteiger charge is -2.00. The second kappa shape index (κ2) is 2.48. The maximum atomic E-state index is 13.1. The SMILES string of the molecule is Oc1ccc(F)c2ccccc12. The van der Waals surface area contributed by atoms with Crippen molar-refractivity contribution in [1.29, 1.82) is 0 Å². The van der Waals surface area contributed by atoms with Crippen LogP contribution in [0.2, 0.25) is 0 Å². The molecule has 0 radical (unpaired) electrons. The van der Waals surface area contributed by atoms with Gasteiger partial charge in [0.15, 0.2) is 0 Å². The summed E-state index contributed by atoms with van der Waals surface area (Å²) in [7, 11) is 0. The van der Waals surface area contributed by atoms with Gasteiger partial charge in [0.25, 0.3) is 0 Å². The Labute approximate surface area is 69.1 Å². The lowest BCUT2D eigenvalue weighted by Crippen LogP contribution is -1.78. The molecule has 60 valence electrons. The van der Waals surface area contributed by atoms with Crippen LogP contribution in [-0.4, -0.2) is 5.11 Å². The number of aromatic hydroxyl groups is 1. The third kappa shape index (κ3) is 0.925. The molecule has 0 saturated carbocycles. The van der Waals surface area contributed by atoms with E-state index in [1.54, 1.807) is 24.3 Å². The molecule has 0 fully saturated rings. The Kier molecular flexibility index (Phi) is 1.47. The second-order valence-electron chi connectivity index (χ2n) is 2.61. The topological polar surface area (TPSA) is 20.2 Å². The predicted molar refractivity (Wildman–Crippen MR) is 45.6 cm³/mol. The molecule has 2 aromatic rings. The van der Waals surface area contributed by atoms with Gasteiger partial charge in [0, 0.05) is 10.8 Å². The molecule has 0 heterocycles. The van der Waals surface area contributed by atoms with Crippen molar-refractivity contribution in [2.75, 3.05) is 0 Å². The minimum Gasteiger partial charge on any atom is -0.507 e. The van der Waals surface area contributed by atoms with Crippen molar-refractivity contribution >= 4 is 10.8 Å². The van der Waals surface area contributed by atoms with Gasteiger partial charge in [-0.15, -0.1) is 0 Å². The Hall–Kier alpha value is -1.57. The van der Waals surface area contributed by atoms with E-state index in [1.807, 2.05) is 0 Å². The molecule has 0 saturated heterocycles. The molecule has 0 bridgehead atoms. The molecule has 0 spiro atoms. The minimum absolute atomic E-state index is 0.118. The Morgan fingerprint density at radius 3 is 2.25 bits per heavy atom. The first-order chi connectivity index (χ1) is 5.79. The largest absolute Gasteiger partial charge is 0.507 e. The Bertz CT molecular complexity index is 383. The summed E-state index contributed by atoms with van der Waals surface area (Å²) in [5.41, 5.74) is 0. The number of hydrogen-bond donors (Lipinski definition) is 1. The molecule has 0 amide bonds. The van der Waals surface area contributed by atoms with E-state index in [0.717, 1.165) is 0 Å². The molecule has 0 aromatic heterocycles. The van der Waals surface area contributed by atoms with Crippen LogP contribution in [0.15, 0.2) is 36.4 Å². The van der Waals surface area contributed by atoms with Crippen LogP contribution in [-0.2, 0) is 0 Å². The van der Waals surface area contributed by atoms with E-state index in [1.165, 1.54) is 12.1 Å². The van der Waals surface area contributed by atoms with E-state index in [9.17, 15) is 9.50 Å². The van der Waals surface area contributed by atoms with Gasteiger partial charge >= 0.3 is 0 Å². The van der Waals surface area contributed by atoms with Crippen LogP contribution in [0.25, 0.3) is 10.8 Å². The molecule has 0 aliphatic carbocycles. The minimum atomic E-state index is -0.302. The maximum Gasteiger partial charge on any atom is 0.131 e. The zero-order valence-corrected chi connectivity index (χ0v) is 6.29. The highest BCUT2D eigenvalue weighted by atomic mass is 19.1. The predicted octanol–water partition coefficient (Wildman–Crippen LogP) is 2.68. The van der Waals surface area contributed by atoms with Crippen molar-refractivity contribution in [3.8, 4) is 5.75 Å². The molecule has 12 heavy (non-hydrogen) atoms. The standard InChI is InChI=1S/C10H7FO/c11-9-5-6-10(12)8-4-2-1-3-7(8)9/h1-6,12H. The fourth-order valence-electron chi connectivity index (χ4n) is 1.25. The normalized spacial score (nSPS) is 10.4. The number of hydrogen-bond acceptors (Lipinski definition) is 1. The molecule has 1 nitrogen and oxygen atoms in total. The van der Waals surface area contributed by atoms with Crippen LogP contribution in [0.5, 0.6) is 5.75 Å². The molecule has 0 unspecified atom stereocenters. The molecule has 0 atom stereocenters. The summed E-state index contributed by atoms with van der Waals surface area (Å²) >= 11 is 0. The second-order valence-corrected chi connectivity index (χ2v) is 2.61. The number of halogens is 1. The number of phenolic OH excluding ortho intramolecular Hbond substituents is 1. The highest BCUT2D eigenvalue weighted by Gasteiger charge is 2.02. The zero-order chi connectivity index (χ0) is 8.55. The van der Waals surface area contributed by atoms with Crippen LogP contribution in [0, 0.1) is 5.82 Å². The van der Waals surface area contributed by atoms with E-state index >= 15 is 0 Å². The smallest absolute Gasteiger partial charge is 0.131 e. The molecular weight excluding hydrogens is 155 g/mol. The third-order valence-corrected chi connectivity index (χ3v) is 1.85. The highest BCUT2D eigenvalue weighted by Crippen LogP contribution is 2.25. The Balaban J connectivity index is 2.95. The third-order valence-electron chi connectivity index (χ3n) is 1.85. The Morgan fingerprint density at radius 1 is 0.917 bits per heavy atom. The van der Waals surface area contributed by atoms with E-state index in [4.69, 9.17) is 0 Å². The van der Waals surface area contributed by atoms with Gasteiger partial charge in [-0.1, -0.05) is 24.3 Å². The Morgan fingerprint density at radius 2 is 1.58 bits per heavy atom. The molecule has 0 aliphatic heterocycles. The van der Waals surface area contributed by atoms with Gasteiger partial charge in [-0.05, 0) is 12.1 Å². The average molecular weight is 162 g/mol. The summed E-state index contributed by atoms with van der Waals surface area (Å²) in [5.74, 6) is -0.185. The van der Waals surface area contributed by atoms with Gasteiger partial charge in [-0.3, -0.25) is 0 Å². The van der Waals surface area contributed by atoms with Gasteiger partial charge in [-0.2, -0.15) is 0 Å². The van der Waals surface area contributed by atoms with Crippen LogP contribution < -0.4 is 0 Å². The fraction of sp³-hybridized carbons (Fsp3) is 0. The van der Waals surface area contributed by atoms with Crippen LogP contribution >= 0.6 is 0 Å². The molecule has 1 N–H and O–H groups in total. The van der Waals surface area contributed by atoms with Gasteiger partial charge in [0.1, 0.15) is 11.6 Å². The van der Waals surface area contributed by atoms with E-state index in [-0.39, 0.29) is 11.6 Å². The molecule has 2 heteroatoms. The quantitative estimate of drug-likeness (QED) is 0.631. The van der Waals surface area contributed by atoms with Crippen LogP contribution in [0.4, 0.5) is 4.39 Å². The molecular formula is C10H7FO. The number of phenols is 1. The van der Waals surface area contributed by atoms with Crippen molar-refractivity contribution in [2.45, 2.75) is 0 Å². The highest BCUT2D eigenvalue weighted by molar-refractivity contribution is 5.88. The van der Waals surface area contributed by atoms with Crippen molar-refractivity contribution in [3.63, 3.8) is 0 Å². The molecule has 2 rings (SSSR count). The van der Waals surface area contributed by atoms with Crippen molar-refractivity contribution in [1.82, 2.24) is 0 Å². The molecule has 0 aliphatic rings. The van der Waals surface area contributed by atoms with Gasteiger partial charge in [0.05, 0.1) is 0 Å². The average Bonchev–Trinajstić information content (AvgIpc) is 2.12. The van der Waals surface area contributed by atoms with Crippen molar-refractivity contribution in [2.24, 2.45) is 0 Å². The summed E-state index contributed by atoms with van der Waals surface area (Å²) in [6, 6.07) is 9.46. The van der Waals surface area contributed by atoms with Gasteiger partial charge in [-0.25, -0.2) is 4.39 Å². The summed E-state index contributed by atoms with van der Waals surface area (Å²) in [4.78, 5) is 0. The van der Waals surface area contributed by atoms with E-state index < -0.39 is 0 Å².